The minimum Gasteiger partial charge on any atom is -0.491 e. The molecule has 0 fully saturated rings. The Morgan fingerprint density at radius 3 is 2.25 bits per heavy atom. The van der Waals surface area contributed by atoms with Gasteiger partial charge in [0.25, 0.3) is 0 Å². The molecule has 104 valence electrons. The van der Waals surface area contributed by atoms with Crippen LogP contribution >= 0.6 is 0 Å². The van der Waals surface area contributed by atoms with Crippen molar-refractivity contribution in [2.24, 2.45) is 0 Å². The number of rotatable bonds is 4. The minimum absolute atomic E-state index is 0.0504. The molecule has 0 aliphatic rings. The van der Waals surface area contributed by atoms with Crippen LogP contribution in [0.1, 0.15) is 29.8 Å². The van der Waals surface area contributed by atoms with Crippen molar-refractivity contribution in [3.63, 3.8) is 0 Å². The largest absolute Gasteiger partial charge is 0.491 e. The Morgan fingerprint density at radius 2 is 1.65 bits per heavy atom. The third-order valence-electron chi connectivity index (χ3n) is 2.66. The first-order valence-corrected chi connectivity index (χ1v) is 6.24. The molecule has 0 saturated heterocycles. The van der Waals surface area contributed by atoms with E-state index in [-0.39, 0.29) is 11.7 Å². The maximum atomic E-state index is 13.6. The minimum atomic E-state index is -0.870. The van der Waals surface area contributed by atoms with E-state index in [9.17, 15) is 13.6 Å². The van der Waals surface area contributed by atoms with E-state index >= 15 is 0 Å². The highest BCUT2D eigenvalue weighted by Crippen LogP contribution is 2.21. The lowest BCUT2D eigenvalue weighted by atomic mass is 10.0. The van der Waals surface area contributed by atoms with E-state index in [1.54, 1.807) is 12.1 Å². The van der Waals surface area contributed by atoms with Crippen molar-refractivity contribution in [2.45, 2.75) is 20.0 Å². The molecule has 0 amide bonds. The summed E-state index contributed by atoms with van der Waals surface area (Å²) in [5, 5.41) is 0. The molecule has 0 aromatic heterocycles. The molecule has 20 heavy (non-hydrogen) atoms. The summed E-state index contributed by atoms with van der Waals surface area (Å²) in [4.78, 5) is 12.2. The number of carbonyl (C=O) groups excluding carboxylic acids is 1. The molecule has 0 aliphatic carbocycles. The summed E-state index contributed by atoms with van der Waals surface area (Å²) in [6.07, 6.45) is -0.0504. The van der Waals surface area contributed by atoms with Crippen molar-refractivity contribution in [3.8, 4) is 5.75 Å². The zero-order chi connectivity index (χ0) is 14.7. The van der Waals surface area contributed by atoms with Gasteiger partial charge in [-0.3, -0.25) is 4.79 Å². The first-order valence-electron chi connectivity index (χ1n) is 6.24. The fourth-order valence-electron chi connectivity index (χ4n) is 1.84. The lowest BCUT2D eigenvalue weighted by Crippen LogP contribution is -2.09. The van der Waals surface area contributed by atoms with Crippen LogP contribution in [0.15, 0.2) is 42.5 Å². The molecule has 2 rings (SSSR count). The molecule has 2 aromatic carbocycles. The van der Waals surface area contributed by atoms with Gasteiger partial charge < -0.3 is 4.74 Å². The van der Waals surface area contributed by atoms with Crippen molar-refractivity contribution in [1.82, 2.24) is 0 Å². The summed E-state index contributed by atoms with van der Waals surface area (Å²) < 4.78 is 32.7. The molecule has 0 atom stereocenters. The number of hydrogen-bond donors (Lipinski definition) is 0. The Kier molecular flexibility index (Phi) is 4.13. The van der Waals surface area contributed by atoms with Crippen LogP contribution in [0.25, 0.3) is 0 Å². The topological polar surface area (TPSA) is 26.3 Å². The lowest BCUT2D eigenvalue weighted by Gasteiger charge is -2.11. The van der Waals surface area contributed by atoms with E-state index in [1.807, 2.05) is 13.8 Å². The number of benzene rings is 2. The highest BCUT2D eigenvalue weighted by molar-refractivity contribution is 6.09. The maximum Gasteiger partial charge on any atom is 0.199 e. The van der Waals surface area contributed by atoms with Crippen molar-refractivity contribution >= 4 is 5.78 Å². The quantitative estimate of drug-likeness (QED) is 0.789. The molecule has 0 saturated carbocycles. The summed E-state index contributed by atoms with van der Waals surface area (Å²) in [5.74, 6) is -1.95. The van der Waals surface area contributed by atoms with Crippen LogP contribution in [0.4, 0.5) is 8.78 Å². The Balaban J connectivity index is 2.39. The molecule has 0 spiro atoms. The smallest absolute Gasteiger partial charge is 0.199 e. The lowest BCUT2D eigenvalue weighted by molar-refractivity contribution is 0.103. The van der Waals surface area contributed by atoms with Crippen LogP contribution in [-0.2, 0) is 0 Å². The van der Waals surface area contributed by atoms with Crippen molar-refractivity contribution in [3.05, 3.63) is 65.2 Å². The van der Waals surface area contributed by atoms with E-state index in [4.69, 9.17) is 4.74 Å². The predicted molar refractivity (Wildman–Crippen MR) is 72.0 cm³/mol. The van der Waals surface area contributed by atoms with E-state index in [2.05, 4.69) is 0 Å². The standard InChI is InChI=1S/C16H14F2O2/c1-10(2)20-12-6-3-5-11(9-12)16(19)15-13(17)7-4-8-14(15)18/h3-10H,1-2H3. The van der Waals surface area contributed by atoms with E-state index in [0.29, 0.717) is 5.75 Å². The second-order valence-electron chi connectivity index (χ2n) is 4.62. The highest BCUT2D eigenvalue weighted by Gasteiger charge is 2.19. The second-order valence-corrected chi connectivity index (χ2v) is 4.62. The van der Waals surface area contributed by atoms with Gasteiger partial charge >= 0.3 is 0 Å². The summed E-state index contributed by atoms with van der Waals surface area (Å²) >= 11 is 0. The van der Waals surface area contributed by atoms with E-state index in [1.165, 1.54) is 18.2 Å². The van der Waals surface area contributed by atoms with Crippen LogP contribution in [0.5, 0.6) is 5.75 Å². The molecule has 2 aromatic rings. The van der Waals surface area contributed by atoms with Crippen molar-refractivity contribution < 1.29 is 18.3 Å². The van der Waals surface area contributed by atoms with Gasteiger partial charge in [-0.2, -0.15) is 0 Å². The molecular formula is C16H14F2O2. The predicted octanol–water partition coefficient (Wildman–Crippen LogP) is 3.98. The van der Waals surface area contributed by atoms with Crippen molar-refractivity contribution in [2.75, 3.05) is 0 Å². The monoisotopic (exact) mass is 276 g/mol. The van der Waals surface area contributed by atoms with Crippen molar-refractivity contribution in [1.29, 1.82) is 0 Å². The molecule has 0 bridgehead atoms. The van der Waals surface area contributed by atoms with E-state index < -0.39 is 23.0 Å². The Labute approximate surface area is 116 Å². The molecule has 4 heteroatoms. The maximum absolute atomic E-state index is 13.6. The molecule has 0 radical (unpaired) electrons. The number of hydrogen-bond acceptors (Lipinski definition) is 2. The van der Waals surface area contributed by atoms with Gasteiger partial charge in [0.05, 0.1) is 11.7 Å². The Hall–Kier alpha value is -2.23. The summed E-state index contributed by atoms with van der Waals surface area (Å²) in [5.41, 5.74) is -0.360. The molecule has 0 unspecified atom stereocenters. The number of ether oxygens (including phenoxy) is 1. The highest BCUT2D eigenvalue weighted by atomic mass is 19.1. The summed E-state index contributed by atoms with van der Waals surface area (Å²) in [6.45, 7) is 3.70. The Morgan fingerprint density at radius 1 is 1.05 bits per heavy atom. The van der Waals surface area contributed by atoms with Gasteiger partial charge in [-0.05, 0) is 38.1 Å². The van der Waals surface area contributed by atoms with Crippen LogP contribution in [0, 0.1) is 11.6 Å². The fraction of sp³-hybridized carbons (Fsp3) is 0.188. The van der Waals surface area contributed by atoms with Gasteiger partial charge in [0, 0.05) is 5.56 Å². The van der Waals surface area contributed by atoms with Crippen LogP contribution in [-0.4, -0.2) is 11.9 Å². The first-order chi connectivity index (χ1) is 9.49. The SMILES string of the molecule is CC(C)Oc1cccc(C(=O)c2c(F)cccc2F)c1. The van der Waals surface area contributed by atoms with E-state index in [0.717, 1.165) is 12.1 Å². The number of carbonyl (C=O) groups is 1. The zero-order valence-electron chi connectivity index (χ0n) is 11.2. The number of halogens is 2. The van der Waals surface area contributed by atoms with Gasteiger partial charge in [0.1, 0.15) is 17.4 Å². The van der Waals surface area contributed by atoms with Gasteiger partial charge in [0.15, 0.2) is 5.78 Å². The molecule has 0 heterocycles. The average Bonchev–Trinajstić information content (AvgIpc) is 2.38. The molecule has 0 N–H and O–H groups in total. The normalized spacial score (nSPS) is 10.7. The first kappa shape index (κ1) is 14.2. The van der Waals surface area contributed by atoms with Crippen LogP contribution in [0.2, 0.25) is 0 Å². The molecular weight excluding hydrogens is 262 g/mol. The van der Waals surface area contributed by atoms with Gasteiger partial charge in [-0.1, -0.05) is 18.2 Å². The molecule has 0 aliphatic heterocycles. The van der Waals surface area contributed by atoms with Gasteiger partial charge in [-0.25, -0.2) is 8.78 Å². The third kappa shape index (κ3) is 3.02. The summed E-state index contributed by atoms with van der Waals surface area (Å²) in [6, 6.07) is 9.63. The van der Waals surface area contributed by atoms with Gasteiger partial charge in [0.2, 0.25) is 0 Å². The zero-order valence-corrected chi connectivity index (χ0v) is 11.2. The third-order valence-corrected chi connectivity index (χ3v) is 2.66. The van der Waals surface area contributed by atoms with Crippen LogP contribution in [0.3, 0.4) is 0 Å². The fourth-order valence-corrected chi connectivity index (χ4v) is 1.84. The second kappa shape index (κ2) is 5.82. The van der Waals surface area contributed by atoms with Gasteiger partial charge in [-0.15, -0.1) is 0 Å². The molecule has 2 nitrogen and oxygen atoms in total. The Bertz CT molecular complexity index is 616. The summed E-state index contributed by atoms with van der Waals surface area (Å²) in [7, 11) is 0. The average molecular weight is 276 g/mol. The number of ketones is 1. The van der Waals surface area contributed by atoms with Crippen LogP contribution < -0.4 is 4.74 Å².